The molecular weight excluding hydrogens is 272 g/mol. The molecule has 1 amide bonds. The van der Waals surface area contributed by atoms with Crippen LogP contribution in [0.15, 0.2) is 0 Å². The van der Waals surface area contributed by atoms with Gasteiger partial charge in [0.05, 0.1) is 7.11 Å². The van der Waals surface area contributed by atoms with Crippen LogP contribution in [-0.2, 0) is 4.79 Å². The molecule has 0 unspecified atom stereocenters. The largest absolute Gasteiger partial charge is 0.467 e. The number of carbonyl (C=O) groups excluding carboxylic acids is 1. The molecule has 8 nitrogen and oxygen atoms in total. The van der Waals surface area contributed by atoms with Gasteiger partial charge in [-0.2, -0.15) is 15.0 Å². The molecule has 0 saturated heterocycles. The number of carbonyl (C=O) groups is 1. The smallest absolute Gasteiger partial charge is 0.322 e. The molecule has 0 aliphatic carbocycles. The van der Waals surface area contributed by atoms with Gasteiger partial charge in [0.15, 0.2) is 0 Å². The molecular formula is C13H24N6O2. The molecule has 21 heavy (non-hydrogen) atoms. The molecule has 1 aromatic rings. The minimum Gasteiger partial charge on any atom is -0.467 e. The van der Waals surface area contributed by atoms with Crippen LogP contribution in [0, 0.1) is 5.92 Å². The number of hydrogen-bond donors (Lipinski definition) is 3. The molecule has 1 aromatic heterocycles. The SMILES string of the molecule is CCNc1nc(NCCC(=O)NCC(C)C)nc(OC)n1. The van der Waals surface area contributed by atoms with Gasteiger partial charge in [-0.1, -0.05) is 13.8 Å². The standard InChI is InChI=1S/C13H24N6O2/c1-5-14-11-17-12(19-13(18-11)21-4)15-7-6-10(20)16-8-9(2)3/h9H,5-8H2,1-4H3,(H,16,20)(H2,14,15,17,18,19). The van der Waals surface area contributed by atoms with Gasteiger partial charge in [0.25, 0.3) is 0 Å². The van der Waals surface area contributed by atoms with E-state index in [2.05, 4.69) is 44.7 Å². The Labute approximate surface area is 125 Å². The summed E-state index contributed by atoms with van der Waals surface area (Å²) in [6.07, 6.45) is 0.358. The predicted octanol–water partition coefficient (Wildman–Crippen LogP) is 0.886. The number of nitrogens with zero attached hydrogens (tertiary/aromatic N) is 3. The second-order valence-electron chi connectivity index (χ2n) is 4.87. The Morgan fingerprint density at radius 1 is 1.19 bits per heavy atom. The van der Waals surface area contributed by atoms with Crippen LogP contribution in [0.4, 0.5) is 11.9 Å². The summed E-state index contributed by atoms with van der Waals surface area (Å²) in [6.45, 7) is 7.88. The fourth-order valence-electron chi connectivity index (χ4n) is 1.46. The third-order valence-electron chi connectivity index (χ3n) is 2.48. The van der Waals surface area contributed by atoms with E-state index in [0.717, 1.165) is 0 Å². The lowest BCUT2D eigenvalue weighted by molar-refractivity contribution is -0.120. The second-order valence-corrected chi connectivity index (χ2v) is 4.87. The van der Waals surface area contributed by atoms with E-state index in [1.165, 1.54) is 7.11 Å². The maximum absolute atomic E-state index is 11.6. The minimum absolute atomic E-state index is 0.00382. The predicted molar refractivity (Wildman–Crippen MR) is 81.5 cm³/mol. The van der Waals surface area contributed by atoms with Crippen molar-refractivity contribution in [3.63, 3.8) is 0 Å². The van der Waals surface area contributed by atoms with Crippen molar-refractivity contribution in [2.75, 3.05) is 37.4 Å². The Kier molecular flexibility index (Phi) is 7.20. The quantitative estimate of drug-likeness (QED) is 0.622. The molecule has 0 saturated carbocycles. The normalized spacial score (nSPS) is 10.3. The summed E-state index contributed by atoms with van der Waals surface area (Å²) in [5, 5.41) is 8.84. The molecule has 0 radical (unpaired) electrons. The molecule has 0 aliphatic rings. The molecule has 3 N–H and O–H groups in total. The van der Waals surface area contributed by atoms with Gasteiger partial charge in [-0.15, -0.1) is 0 Å². The van der Waals surface area contributed by atoms with Gasteiger partial charge in [0.2, 0.25) is 17.8 Å². The van der Waals surface area contributed by atoms with Crippen molar-refractivity contribution in [1.82, 2.24) is 20.3 Å². The third kappa shape index (κ3) is 6.73. The number of anilines is 2. The van der Waals surface area contributed by atoms with Gasteiger partial charge >= 0.3 is 6.01 Å². The van der Waals surface area contributed by atoms with Gasteiger partial charge in [-0.25, -0.2) is 0 Å². The zero-order valence-corrected chi connectivity index (χ0v) is 13.1. The number of aromatic nitrogens is 3. The van der Waals surface area contributed by atoms with Gasteiger partial charge in [-0.05, 0) is 12.8 Å². The fraction of sp³-hybridized carbons (Fsp3) is 0.692. The van der Waals surface area contributed by atoms with Crippen LogP contribution in [0.3, 0.4) is 0 Å². The first kappa shape index (κ1) is 16.9. The fourth-order valence-corrected chi connectivity index (χ4v) is 1.46. The van der Waals surface area contributed by atoms with E-state index in [4.69, 9.17) is 4.74 Å². The van der Waals surface area contributed by atoms with Crippen molar-refractivity contribution in [3.05, 3.63) is 0 Å². The second kappa shape index (κ2) is 8.93. The highest BCUT2D eigenvalue weighted by Gasteiger charge is 2.07. The van der Waals surface area contributed by atoms with Gasteiger partial charge in [0.1, 0.15) is 0 Å². The number of hydrogen-bond acceptors (Lipinski definition) is 7. The summed E-state index contributed by atoms with van der Waals surface area (Å²) in [7, 11) is 1.49. The summed E-state index contributed by atoms with van der Waals surface area (Å²) in [5.41, 5.74) is 0. The first-order chi connectivity index (χ1) is 10.0. The molecule has 0 spiro atoms. The van der Waals surface area contributed by atoms with Crippen molar-refractivity contribution in [2.45, 2.75) is 27.2 Å². The minimum atomic E-state index is 0.00382. The van der Waals surface area contributed by atoms with Crippen LogP contribution in [-0.4, -0.2) is 47.6 Å². The zero-order valence-electron chi connectivity index (χ0n) is 13.1. The molecule has 1 rings (SSSR count). The molecule has 0 bridgehead atoms. The lowest BCUT2D eigenvalue weighted by Crippen LogP contribution is -2.28. The Morgan fingerprint density at radius 3 is 2.43 bits per heavy atom. The molecule has 0 fully saturated rings. The Morgan fingerprint density at radius 2 is 1.86 bits per heavy atom. The molecule has 118 valence electrons. The first-order valence-electron chi connectivity index (χ1n) is 7.09. The van der Waals surface area contributed by atoms with Crippen molar-refractivity contribution in [1.29, 1.82) is 0 Å². The third-order valence-corrected chi connectivity index (χ3v) is 2.48. The van der Waals surface area contributed by atoms with Gasteiger partial charge in [0, 0.05) is 26.1 Å². The van der Waals surface area contributed by atoms with E-state index < -0.39 is 0 Å². The van der Waals surface area contributed by atoms with E-state index >= 15 is 0 Å². The molecule has 8 heteroatoms. The molecule has 0 aliphatic heterocycles. The van der Waals surface area contributed by atoms with Crippen molar-refractivity contribution < 1.29 is 9.53 Å². The van der Waals surface area contributed by atoms with E-state index in [1.807, 2.05) is 6.92 Å². The average molecular weight is 296 g/mol. The number of amides is 1. The monoisotopic (exact) mass is 296 g/mol. The van der Waals surface area contributed by atoms with Crippen LogP contribution in [0.2, 0.25) is 0 Å². The number of ether oxygens (including phenoxy) is 1. The van der Waals surface area contributed by atoms with Crippen LogP contribution >= 0.6 is 0 Å². The highest BCUT2D eigenvalue weighted by molar-refractivity contribution is 5.76. The van der Waals surface area contributed by atoms with Crippen molar-refractivity contribution >= 4 is 17.8 Å². The number of nitrogens with one attached hydrogen (secondary N) is 3. The highest BCUT2D eigenvalue weighted by atomic mass is 16.5. The Bertz CT molecular complexity index is 452. The van der Waals surface area contributed by atoms with Gasteiger partial charge < -0.3 is 20.7 Å². The average Bonchev–Trinajstić information content (AvgIpc) is 2.45. The lowest BCUT2D eigenvalue weighted by atomic mass is 10.2. The van der Waals surface area contributed by atoms with Crippen molar-refractivity contribution in [2.24, 2.45) is 5.92 Å². The topological polar surface area (TPSA) is 101 Å². The lowest BCUT2D eigenvalue weighted by Gasteiger charge is -2.09. The highest BCUT2D eigenvalue weighted by Crippen LogP contribution is 2.10. The Balaban J connectivity index is 2.47. The van der Waals surface area contributed by atoms with E-state index in [9.17, 15) is 4.79 Å². The van der Waals surface area contributed by atoms with Crippen molar-refractivity contribution in [3.8, 4) is 6.01 Å². The summed E-state index contributed by atoms with van der Waals surface area (Å²) >= 11 is 0. The van der Waals surface area contributed by atoms with Crippen LogP contribution < -0.4 is 20.7 Å². The summed E-state index contributed by atoms with van der Waals surface area (Å²) < 4.78 is 5.01. The molecule has 0 atom stereocenters. The van der Waals surface area contributed by atoms with Gasteiger partial charge in [-0.3, -0.25) is 4.79 Å². The van der Waals surface area contributed by atoms with Crippen LogP contribution in [0.5, 0.6) is 6.01 Å². The van der Waals surface area contributed by atoms with E-state index in [0.29, 0.717) is 43.9 Å². The maximum Gasteiger partial charge on any atom is 0.322 e. The van der Waals surface area contributed by atoms with Crippen LogP contribution in [0.1, 0.15) is 27.2 Å². The van der Waals surface area contributed by atoms with Crippen LogP contribution in [0.25, 0.3) is 0 Å². The molecule has 0 aromatic carbocycles. The first-order valence-corrected chi connectivity index (χ1v) is 7.09. The summed E-state index contributed by atoms with van der Waals surface area (Å²) in [5.74, 6) is 1.27. The molecule has 1 heterocycles. The number of methoxy groups -OCH3 is 1. The number of rotatable bonds is 9. The zero-order chi connectivity index (χ0) is 15.7. The summed E-state index contributed by atoms with van der Waals surface area (Å²) in [6, 6.07) is 0.229. The Hall–Kier alpha value is -2.12. The van der Waals surface area contributed by atoms with E-state index in [-0.39, 0.29) is 11.9 Å². The maximum atomic E-state index is 11.6. The summed E-state index contributed by atoms with van der Waals surface area (Å²) in [4.78, 5) is 23.9. The van der Waals surface area contributed by atoms with E-state index in [1.54, 1.807) is 0 Å².